The van der Waals surface area contributed by atoms with Gasteiger partial charge in [-0.2, -0.15) is 5.10 Å². The topological polar surface area (TPSA) is 53.1 Å². The number of nitrogens with zero attached hydrogens (tertiary/aromatic N) is 2. The first-order valence-corrected chi connectivity index (χ1v) is 6.49. The highest BCUT2D eigenvalue weighted by atomic mass is 16.5. The van der Waals surface area contributed by atoms with Crippen LogP contribution in [-0.2, 0) is 0 Å². The van der Waals surface area contributed by atoms with E-state index in [1.165, 1.54) is 5.56 Å². The Labute approximate surface area is 114 Å². The number of para-hydroxylation sites is 2. The maximum absolute atomic E-state index is 5.78. The highest BCUT2D eigenvalue weighted by molar-refractivity contribution is 5.48. The van der Waals surface area contributed by atoms with E-state index in [4.69, 9.17) is 10.5 Å². The second-order valence-electron chi connectivity index (χ2n) is 4.80. The number of benzene rings is 1. The van der Waals surface area contributed by atoms with Gasteiger partial charge >= 0.3 is 0 Å². The zero-order valence-corrected chi connectivity index (χ0v) is 12.0. The molecular formula is C15H21N3O. The summed E-state index contributed by atoms with van der Waals surface area (Å²) in [5, 5.41) is 4.64. The quantitative estimate of drug-likeness (QED) is 0.918. The minimum atomic E-state index is 0.309. The molecule has 0 aliphatic rings. The summed E-state index contributed by atoms with van der Waals surface area (Å²) in [7, 11) is 1.67. The molecule has 0 aliphatic heterocycles. The molecule has 0 spiro atoms. The van der Waals surface area contributed by atoms with Crippen LogP contribution in [0.15, 0.2) is 24.3 Å². The Morgan fingerprint density at radius 2 is 2.00 bits per heavy atom. The molecule has 0 aliphatic carbocycles. The van der Waals surface area contributed by atoms with Crippen LogP contribution >= 0.6 is 0 Å². The van der Waals surface area contributed by atoms with Gasteiger partial charge in [0.2, 0.25) is 0 Å². The second kappa shape index (κ2) is 5.45. The van der Waals surface area contributed by atoms with Gasteiger partial charge in [-0.1, -0.05) is 19.1 Å². The summed E-state index contributed by atoms with van der Waals surface area (Å²) in [4.78, 5) is 0. The molecule has 19 heavy (non-hydrogen) atoms. The van der Waals surface area contributed by atoms with E-state index in [-0.39, 0.29) is 0 Å². The lowest BCUT2D eigenvalue weighted by molar-refractivity contribution is 0.411. The number of nitrogens with two attached hydrogens (primary N) is 1. The zero-order chi connectivity index (χ0) is 14.0. The first-order chi connectivity index (χ1) is 9.10. The molecule has 4 nitrogen and oxygen atoms in total. The van der Waals surface area contributed by atoms with Gasteiger partial charge in [-0.3, -0.25) is 0 Å². The molecule has 0 bridgehead atoms. The first-order valence-electron chi connectivity index (χ1n) is 6.49. The number of aromatic nitrogens is 2. The van der Waals surface area contributed by atoms with E-state index >= 15 is 0 Å². The molecule has 0 fully saturated rings. The Morgan fingerprint density at radius 3 is 2.63 bits per heavy atom. The Balaban J connectivity index is 2.58. The molecule has 4 heteroatoms. The van der Waals surface area contributed by atoms with Crippen molar-refractivity contribution in [3.8, 4) is 11.4 Å². The van der Waals surface area contributed by atoms with Crippen LogP contribution in [0.2, 0.25) is 0 Å². The van der Waals surface area contributed by atoms with Gasteiger partial charge in [-0.15, -0.1) is 0 Å². The molecule has 1 unspecified atom stereocenters. The Hall–Kier alpha value is -1.81. The summed E-state index contributed by atoms with van der Waals surface area (Å²) < 4.78 is 7.35. The molecule has 1 heterocycles. The van der Waals surface area contributed by atoms with Crippen LogP contribution in [0.4, 0.5) is 0 Å². The van der Waals surface area contributed by atoms with Crippen LogP contribution in [0.25, 0.3) is 5.69 Å². The van der Waals surface area contributed by atoms with Gasteiger partial charge < -0.3 is 10.5 Å². The summed E-state index contributed by atoms with van der Waals surface area (Å²) in [6, 6.07) is 7.89. The standard InChI is InChI=1S/C15H21N3O/c1-10(9-16)15-11(2)17-18(12(15)3)13-7-5-6-8-14(13)19-4/h5-8,10H,9,16H2,1-4H3. The molecule has 0 saturated carbocycles. The van der Waals surface area contributed by atoms with Gasteiger partial charge in [0.25, 0.3) is 0 Å². The third-order valence-corrected chi connectivity index (χ3v) is 3.51. The van der Waals surface area contributed by atoms with E-state index in [0.717, 1.165) is 22.8 Å². The number of methoxy groups -OCH3 is 1. The molecular weight excluding hydrogens is 238 g/mol. The monoisotopic (exact) mass is 259 g/mol. The van der Waals surface area contributed by atoms with Gasteiger partial charge in [0, 0.05) is 11.3 Å². The van der Waals surface area contributed by atoms with E-state index in [1.807, 2.05) is 35.9 Å². The van der Waals surface area contributed by atoms with E-state index in [2.05, 4.69) is 18.9 Å². The molecule has 0 amide bonds. The summed E-state index contributed by atoms with van der Waals surface area (Å²) in [5.74, 6) is 1.13. The molecule has 2 aromatic rings. The van der Waals surface area contributed by atoms with Crippen molar-refractivity contribution in [2.75, 3.05) is 13.7 Å². The van der Waals surface area contributed by atoms with Crippen molar-refractivity contribution >= 4 is 0 Å². The average Bonchev–Trinajstić information content (AvgIpc) is 2.73. The molecule has 0 saturated heterocycles. The zero-order valence-electron chi connectivity index (χ0n) is 12.0. The van der Waals surface area contributed by atoms with Gasteiger partial charge in [0.05, 0.1) is 12.8 Å². The van der Waals surface area contributed by atoms with Crippen molar-refractivity contribution in [1.82, 2.24) is 9.78 Å². The summed E-state index contributed by atoms with van der Waals surface area (Å²) in [5.41, 5.74) is 10.1. The fourth-order valence-corrected chi connectivity index (χ4v) is 2.53. The molecule has 1 aromatic heterocycles. The summed E-state index contributed by atoms with van der Waals surface area (Å²) in [6.07, 6.45) is 0. The molecule has 0 radical (unpaired) electrons. The molecule has 1 aromatic carbocycles. The van der Waals surface area contributed by atoms with Crippen molar-refractivity contribution in [3.05, 3.63) is 41.2 Å². The van der Waals surface area contributed by atoms with Gasteiger partial charge in [-0.05, 0) is 38.4 Å². The Morgan fingerprint density at radius 1 is 1.32 bits per heavy atom. The van der Waals surface area contributed by atoms with E-state index in [9.17, 15) is 0 Å². The van der Waals surface area contributed by atoms with Crippen molar-refractivity contribution in [3.63, 3.8) is 0 Å². The third kappa shape index (κ3) is 2.36. The van der Waals surface area contributed by atoms with E-state index < -0.39 is 0 Å². The fraction of sp³-hybridized carbons (Fsp3) is 0.400. The minimum absolute atomic E-state index is 0.309. The maximum atomic E-state index is 5.78. The van der Waals surface area contributed by atoms with E-state index in [1.54, 1.807) is 7.11 Å². The lowest BCUT2D eigenvalue weighted by Gasteiger charge is -2.12. The van der Waals surface area contributed by atoms with Crippen molar-refractivity contribution in [2.45, 2.75) is 26.7 Å². The van der Waals surface area contributed by atoms with Crippen molar-refractivity contribution in [2.24, 2.45) is 5.73 Å². The average molecular weight is 259 g/mol. The summed E-state index contributed by atoms with van der Waals surface area (Å²) in [6.45, 7) is 6.86. The van der Waals surface area contributed by atoms with Crippen molar-refractivity contribution < 1.29 is 4.74 Å². The smallest absolute Gasteiger partial charge is 0.144 e. The van der Waals surface area contributed by atoms with Crippen LogP contribution in [-0.4, -0.2) is 23.4 Å². The summed E-state index contributed by atoms with van der Waals surface area (Å²) >= 11 is 0. The lowest BCUT2D eigenvalue weighted by Crippen LogP contribution is -2.11. The van der Waals surface area contributed by atoms with Crippen LogP contribution in [0, 0.1) is 13.8 Å². The molecule has 2 rings (SSSR count). The Bertz CT molecular complexity index is 575. The molecule has 1 atom stereocenters. The second-order valence-corrected chi connectivity index (χ2v) is 4.80. The van der Waals surface area contributed by atoms with Crippen LogP contribution in [0.5, 0.6) is 5.75 Å². The van der Waals surface area contributed by atoms with Crippen LogP contribution in [0.3, 0.4) is 0 Å². The fourth-order valence-electron chi connectivity index (χ4n) is 2.53. The first kappa shape index (κ1) is 13.6. The largest absolute Gasteiger partial charge is 0.494 e. The molecule has 102 valence electrons. The predicted octanol–water partition coefficient (Wildman–Crippen LogP) is 2.56. The van der Waals surface area contributed by atoms with Gasteiger partial charge in [-0.25, -0.2) is 4.68 Å². The SMILES string of the molecule is COc1ccccc1-n1nc(C)c(C(C)CN)c1C. The maximum Gasteiger partial charge on any atom is 0.144 e. The number of rotatable bonds is 4. The van der Waals surface area contributed by atoms with Crippen molar-refractivity contribution in [1.29, 1.82) is 0 Å². The minimum Gasteiger partial charge on any atom is -0.494 e. The number of hydrogen-bond donors (Lipinski definition) is 1. The number of ether oxygens (including phenoxy) is 1. The third-order valence-electron chi connectivity index (χ3n) is 3.51. The van der Waals surface area contributed by atoms with Crippen LogP contribution in [0.1, 0.15) is 29.8 Å². The Kier molecular flexibility index (Phi) is 3.90. The number of aryl methyl sites for hydroxylation is 1. The lowest BCUT2D eigenvalue weighted by atomic mass is 9.99. The number of hydrogen-bond acceptors (Lipinski definition) is 3. The normalized spacial score (nSPS) is 12.5. The van der Waals surface area contributed by atoms with E-state index in [0.29, 0.717) is 12.5 Å². The molecule has 2 N–H and O–H groups in total. The van der Waals surface area contributed by atoms with Gasteiger partial charge in [0.15, 0.2) is 0 Å². The predicted molar refractivity (Wildman–Crippen MR) is 77.1 cm³/mol. The highest BCUT2D eigenvalue weighted by Crippen LogP contribution is 2.28. The van der Waals surface area contributed by atoms with Crippen LogP contribution < -0.4 is 10.5 Å². The van der Waals surface area contributed by atoms with Gasteiger partial charge in [0.1, 0.15) is 11.4 Å². The highest BCUT2D eigenvalue weighted by Gasteiger charge is 2.18.